The summed E-state index contributed by atoms with van der Waals surface area (Å²) in [6.07, 6.45) is 0.772. The minimum absolute atomic E-state index is 0.113. The van der Waals surface area contributed by atoms with Crippen LogP contribution in [0.2, 0.25) is 5.02 Å². The van der Waals surface area contributed by atoms with Crippen molar-refractivity contribution >= 4 is 28.2 Å². The maximum absolute atomic E-state index is 12.6. The van der Waals surface area contributed by atoms with Crippen molar-refractivity contribution < 1.29 is 9.21 Å². The quantitative estimate of drug-likeness (QED) is 0.642. The Kier molecular flexibility index (Phi) is 3.33. The first-order valence-electron chi connectivity index (χ1n) is 6.51. The van der Waals surface area contributed by atoms with Crippen LogP contribution in [0.5, 0.6) is 0 Å². The molecule has 0 aliphatic heterocycles. The van der Waals surface area contributed by atoms with Crippen molar-refractivity contribution in [3.8, 4) is 0 Å². The summed E-state index contributed by atoms with van der Waals surface area (Å²) in [5.74, 6) is 1.07. The predicted octanol–water partition coefficient (Wildman–Crippen LogP) is 4.88. The number of carbonyl (C=O) groups is 1. The van der Waals surface area contributed by atoms with Crippen LogP contribution < -0.4 is 0 Å². The molecule has 3 heteroatoms. The smallest absolute Gasteiger partial charge is 0.228 e. The molecule has 100 valence electrons. The van der Waals surface area contributed by atoms with Crippen molar-refractivity contribution in [1.82, 2.24) is 0 Å². The average molecular weight is 285 g/mol. The summed E-state index contributed by atoms with van der Waals surface area (Å²) in [5, 5.41) is 2.37. The van der Waals surface area contributed by atoms with E-state index in [0.29, 0.717) is 16.3 Å². The van der Waals surface area contributed by atoms with E-state index in [1.165, 1.54) is 0 Å². The van der Waals surface area contributed by atoms with Gasteiger partial charge in [0.25, 0.3) is 0 Å². The third-order valence-electron chi connectivity index (χ3n) is 3.35. The van der Waals surface area contributed by atoms with Crippen molar-refractivity contribution in [1.29, 1.82) is 0 Å². The summed E-state index contributed by atoms with van der Waals surface area (Å²) in [6, 6.07) is 14.7. The van der Waals surface area contributed by atoms with E-state index in [4.69, 9.17) is 16.0 Å². The van der Waals surface area contributed by atoms with E-state index in [0.717, 1.165) is 23.0 Å². The number of halogens is 1. The molecule has 0 saturated carbocycles. The van der Waals surface area contributed by atoms with Gasteiger partial charge >= 0.3 is 0 Å². The van der Waals surface area contributed by atoms with Gasteiger partial charge in [-0.15, -0.1) is 0 Å². The molecular formula is C17H13ClO2. The number of hydrogen-bond donors (Lipinski definition) is 0. The number of hydrogen-bond acceptors (Lipinski definition) is 2. The van der Waals surface area contributed by atoms with Crippen LogP contribution in [0.25, 0.3) is 10.8 Å². The van der Waals surface area contributed by atoms with Crippen molar-refractivity contribution in [3.63, 3.8) is 0 Å². The van der Waals surface area contributed by atoms with Gasteiger partial charge in [-0.05, 0) is 29.7 Å². The van der Waals surface area contributed by atoms with E-state index in [2.05, 4.69) is 0 Å². The molecule has 0 unspecified atom stereocenters. The summed E-state index contributed by atoms with van der Waals surface area (Å²) in [4.78, 5) is 12.6. The van der Waals surface area contributed by atoms with Crippen LogP contribution in [0.3, 0.4) is 0 Å². The van der Waals surface area contributed by atoms with E-state index >= 15 is 0 Å². The molecule has 0 bridgehead atoms. The number of benzene rings is 2. The highest BCUT2D eigenvalue weighted by atomic mass is 35.5. The van der Waals surface area contributed by atoms with Gasteiger partial charge in [-0.1, -0.05) is 42.8 Å². The third kappa shape index (κ3) is 2.12. The highest BCUT2D eigenvalue weighted by Crippen LogP contribution is 2.28. The molecule has 1 aromatic heterocycles. The molecule has 0 aliphatic rings. The summed E-state index contributed by atoms with van der Waals surface area (Å²) in [6.45, 7) is 1.99. The van der Waals surface area contributed by atoms with Gasteiger partial charge in [0.1, 0.15) is 5.76 Å². The lowest BCUT2D eigenvalue weighted by atomic mass is 10.0. The number of furan rings is 1. The SMILES string of the molecule is CCc1ccc(C(=O)c2ccc(Cl)c3ccccc23)o1. The minimum Gasteiger partial charge on any atom is -0.458 e. The average Bonchev–Trinajstić information content (AvgIpc) is 2.96. The van der Waals surface area contributed by atoms with E-state index in [1.807, 2.05) is 37.3 Å². The van der Waals surface area contributed by atoms with Gasteiger partial charge in [0.05, 0.1) is 0 Å². The fraction of sp³-hybridized carbons (Fsp3) is 0.118. The number of aryl methyl sites for hydroxylation is 1. The number of carbonyl (C=O) groups excluding carboxylic acids is 1. The van der Waals surface area contributed by atoms with Gasteiger partial charge in [0.2, 0.25) is 5.78 Å². The van der Waals surface area contributed by atoms with Gasteiger partial charge in [0.15, 0.2) is 5.76 Å². The maximum Gasteiger partial charge on any atom is 0.228 e. The highest BCUT2D eigenvalue weighted by molar-refractivity contribution is 6.36. The molecule has 3 rings (SSSR count). The van der Waals surface area contributed by atoms with Crippen LogP contribution in [0.4, 0.5) is 0 Å². The van der Waals surface area contributed by atoms with Gasteiger partial charge in [0, 0.05) is 22.4 Å². The first kappa shape index (κ1) is 12.9. The number of fused-ring (bicyclic) bond motifs is 1. The first-order chi connectivity index (χ1) is 9.70. The maximum atomic E-state index is 12.6. The molecule has 2 aromatic carbocycles. The molecule has 0 spiro atoms. The van der Waals surface area contributed by atoms with Gasteiger partial charge in [-0.2, -0.15) is 0 Å². The first-order valence-corrected chi connectivity index (χ1v) is 6.89. The van der Waals surface area contributed by atoms with Crippen molar-refractivity contribution in [3.05, 3.63) is 70.6 Å². The highest BCUT2D eigenvalue weighted by Gasteiger charge is 2.16. The second-order valence-corrected chi connectivity index (χ2v) is 5.00. The zero-order valence-electron chi connectivity index (χ0n) is 11.0. The van der Waals surface area contributed by atoms with Crippen LogP contribution in [-0.2, 0) is 6.42 Å². The summed E-state index contributed by atoms with van der Waals surface area (Å²) in [5.41, 5.74) is 0.613. The van der Waals surface area contributed by atoms with E-state index < -0.39 is 0 Å². The molecule has 20 heavy (non-hydrogen) atoms. The molecule has 0 fully saturated rings. The van der Waals surface area contributed by atoms with Crippen LogP contribution >= 0.6 is 11.6 Å². The summed E-state index contributed by atoms with van der Waals surface area (Å²) >= 11 is 6.17. The predicted molar refractivity (Wildman–Crippen MR) is 80.5 cm³/mol. The Bertz CT molecular complexity index is 787. The summed E-state index contributed by atoms with van der Waals surface area (Å²) < 4.78 is 5.55. The number of ketones is 1. The van der Waals surface area contributed by atoms with Crippen LogP contribution in [0, 0.1) is 0 Å². The lowest BCUT2D eigenvalue weighted by Crippen LogP contribution is -2.00. The Hall–Kier alpha value is -2.06. The van der Waals surface area contributed by atoms with Gasteiger partial charge in [-0.3, -0.25) is 4.79 Å². The fourth-order valence-corrected chi connectivity index (χ4v) is 2.51. The molecule has 0 atom stereocenters. The minimum atomic E-state index is -0.113. The Morgan fingerprint density at radius 3 is 2.50 bits per heavy atom. The lowest BCUT2D eigenvalue weighted by Gasteiger charge is -2.06. The van der Waals surface area contributed by atoms with Crippen LogP contribution in [0.15, 0.2) is 52.9 Å². The van der Waals surface area contributed by atoms with Crippen LogP contribution in [0.1, 0.15) is 28.8 Å². The standard InChI is InChI=1S/C17H13ClO2/c1-2-11-7-10-16(20-11)17(19)14-8-9-15(18)13-6-4-3-5-12(13)14/h3-10H,2H2,1H3. The molecule has 0 aliphatic carbocycles. The van der Waals surface area contributed by atoms with Crippen LogP contribution in [-0.4, -0.2) is 5.78 Å². The lowest BCUT2D eigenvalue weighted by molar-refractivity contribution is 0.101. The second kappa shape index (κ2) is 5.14. The molecule has 1 heterocycles. The molecule has 0 saturated heterocycles. The molecule has 3 aromatic rings. The van der Waals surface area contributed by atoms with Crippen molar-refractivity contribution in [2.24, 2.45) is 0 Å². The molecular weight excluding hydrogens is 272 g/mol. The molecule has 0 amide bonds. The number of rotatable bonds is 3. The molecule has 0 radical (unpaired) electrons. The van der Waals surface area contributed by atoms with Crippen molar-refractivity contribution in [2.45, 2.75) is 13.3 Å². The van der Waals surface area contributed by atoms with E-state index in [-0.39, 0.29) is 5.78 Å². The molecule has 0 N–H and O–H groups in total. The monoisotopic (exact) mass is 284 g/mol. The Labute approximate surface area is 122 Å². The van der Waals surface area contributed by atoms with E-state index in [9.17, 15) is 4.79 Å². The van der Waals surface area contributed by atoms with E-state index in [1.54, 1.807) is 18.2 Å². The topological polar surface area (TPSA) is 30.2 Å². The normalized spacial score (nSPS) is 10.9. The second-order valence-electron chi connectivity index (χ2n) is 4.59. The zero-order valence-corrected chi connectivity index (χ0v) is 11.8. The largest absolute Gasteiger partial charge is 0.458 e. The Morgan fingerprint density at radius 2 is 1.80 bits per heavy atom. The van der Waals surface area contributed by atoms with Crippen molar-refractivity contribution in [2.75, 3.05) is 0 Å². The Morgan fingerprint density at radius 1 is 1.05 bits per heavy atom. The van der Waals surface area contributed by atoms with Gasteiger partial charge < -0.3 is 4.42 Å². The molecule has 2 nitrogen and oxygen atoms in total. The fourth-order valence-electron chi connectivity index (χ4n) is 2.28. The zero-order chi connectivity index (χ0) is 14.1. The summed E-state index contributed by atoms with van der Waals surface area (Å²) in [7, 11) is 0. The van der Waals surface area contributed by atoms with Gasteiger partial charge in [-0.25, -0.2) is 0 Å². The Balaban J connectivity index is 2.14. The third-order valence-corrected chi connectivity index (χ3v) is 3.68.